The van der Waals surface area contributed by atoms with Crippen molar-refractivity contribution in [3.8, 4) is 0 Å². The molecule has 1 aliphatic heterocycles. The quantitative estimate of drug-likeness (QED) is 0.549. The van der Waals surface area contributed by atoms with Gasteiger partial charge >= 0.3 is 18.2 Å². The number of piperidine rings is 1. The highest BCUT2D eigenvalue weighted by atomic mass is 19.4. The Morgan fingerprint density at radius 1 is 1.09 bits per heavy atom. The molecule has 3 rings (SSSR count). The van der Waals surface area contributed by atoms with Crippen molar-refractivity contribution >= 4 is 12.1 Å². The molecule has 1 atom stereocenters. The number of hydrogen-bond donors (Lipinski definition) is 0. The van der Waals surface area contributed by atoms with E-state index in [9.17, 15) is 22.8 Å². The number of likely N-dealkylation sites (tertiary alicyclic amines) is 1. The molecule has 2 aromatic carbocycles. The Labute approximate surface area is 185 Å². The van der Waals surface area contributed by atoms with Crippen molar-refractivity contribution in [3.63, 3.8) is 0 Å². The van der Waals surface area contributed by atoms with Crippen LogP contribution in [0, 0.1) is 6.92 Å². The lowest BCUT2D eigenvalue weighted by Gasteiger charge is -2.32. The van der Waals surface area contributed by atoms with Crippen molar-refractivity contribution in [2.45, 2.75) is 45.4 Å². The second-order valence-electron chi connectivity index (χ2n) is 7.83. The molecule has 1 aliphatic rings. The number of benzene rings is 2. The fourth-order valence-electron chi connectivity index (χ4n) is 3.76. The van der Waals surface area contributed by atoms with Gasteiger partial charge < -0.3 is 14.4 Å². The molecule has 1 heterocycles. The summed E-state index contributed by atoms with van der Waals surface area (Å²) in [5, 5.41) is 0. The average Bonchev–Trinajstić information content (AvgIpc) is 2.77. The van der Waals surface area contributed by atoms with Crippen LogP contribution < -0.4 is 0 Å². The number of hydrogen-bond acceptors (Lipinski definition) is 4. The third kappa shape index (κ3) is 5.81. The smallest absolute Gasteiger partial charge is 0.416 e. The van der Waals surface area contributed by atoms with E-state index in [1.807, 2.05) is 25.1 Å². The largest absolute Gasteiger partial charge is 0.462 e. The van der Waals surface area contributed by atoms with E-state index in [0.29, 0.717) is 30.8 Å². The molecule has 1 amide bonds. The van der Waals surface area contributed by atoms with E-state index in [1.54, 1.807) is 11.8 Å². The minimum atomic E-state index is -4.40. The minimum absolute atomic E-state index is 0.0520. The Morgan fingerprint density at radius 2 is 1.81 bits per heavy atom. The van der Waals surface area contributed by atoms with Gasteiger partial charge in [-0.2, -0.15) is 13.2 Å². The van der Waals surface area contributed by atoms with E-state index < -0.39 is 17.8 Å². The third-order valence-electron chi connectivity index (χ3n) is 5.55. The van der Waals surface area contributed by atoms with Crippen molar-refractivity contribution in [1.82, 2.24) is 4.90 Å². The van der Waals surface area contributed by atoms with Crippen LogP contribution in [-0.2, 0) is 22.3 Å². The van der Waals surface area contributed by atoms with Gasteiger partial charge in [0.1, 0.15) is 6.61 Å². The zero-order chi connectivity index (χ0) is 23.3. The molecule has 1 fully saturated rings. The van der Waals surface area contributed by atoms with Crippen LogP contribution in [0.1, 0.15) is 58.3 Å². The van der Waals surface area contributed by atoms with Gasteiger partial charge in [-0.3, -0.25) is 0 Å². The molecule has 0 spiro atoms. The Kier molecular flexibility index (Phi) is 7.43. The van der Waals surface area contributed by atoms with Crippen molar-refractivity contribution in [2.24, 2.45) is 0 Å². The van der Waals surface area contributed by atoms with Gasteiger partial charge in [0, 0.05) is 19.0 Å². The van der Waals surface area contributed by atoms with Crippen molar-refractivity contribution in [1.29, 1.82) is 0 Å². The van der Waals surface area contributed by atoms with Crippen LogP contribution in [0.2, 0.25) is 0 Å². The molecule has 172 valence electrons. The summed E-state index contributed by atoms with van der Waals surface area (Å²) in [6.45, 7) is 4.78. The highest BCUT2D eigenvalue weighted by Gasteiger charge is 2.30. The second kappa shape index (κ2) is 10.1. The van der Waals surface area contributed by atoms with E-state index in [1.165, 1.54) is 12.1 Å². The van der Waals surface area contributed by atoms with E-state index in [-0.39, 0.29) is 18.5 Å². The minimum Gasteiger partial charge on any atom is -0.462 e. The number of aryl methyl sites for hydroxylation is 1. The fourth-order valence-corrected chi connectivity index (χ4v) is 3.76. The molecule has 0 N–H and O–H groups in total. The molecule has 0 bridgehead atoms. The van der Waals surface area contributed by atoms with Gasteiger partial charge in [-0.05, 0) is 61.6 Å². The number of amides is 1. The zero-order valence-electron chi connectivity index (χ0n) is 18.1. The summed E-state index contributed by atoms with van der Waals surface area (Å²) in [4.78, 5) is 26.3. The lowest BCUT2D eigenvalue weighted by Crippen LogP contribution is -2.39. The number of rotatable bonds is 5. The van der Waals surface area contributed by atoms with E-state index >= 15 is 0 Å². The topological polar surface area (TPSA) is 55.8 Å². The molecule has 5 nitrogen and oxygen atoms in total. The van der Waals surface area contributed by atoms with Gasteiger partial charge in [-0.25, -0.2) is 9.59 Å². The van der Waals surface area contributed by atoms with Crippen molar-refractivity contribution in [3.05, 3.63) is 70.3 Å². The van der Waals surface area contributed by atoms with Crippen molar-refractivity contribution < 1.29 is 32.2 Å². The van der Waals surface area contributed by atoms with E-state index in [2.05, 4.69) is 0 Å². The summed E-state index contributed by atoms with van der Waals surface area (Å²) < 4.78 is 48.4. The molecule has 2 aromatic rings. The number of carbonyl (C=O) groups excluding carboxylic acids is 2. The summed E-state index contributed by atoms with van der Waals surface area (Å²) in [5.41, 5.74) is 2.05. The molecule has 0 aliphatic carbocycles. The van der Waals surface area contributed by atoms with E-state index in [0.717, 1.165) is 36.1 Å². The van der Waals surface area contributed by atoms with Crippen LogP contribution >= 0.6 is 0 Å². The molecule has 1 saturated heterocycles. The average molecular weight is 449 g/mol. The number of esters is 1. The molecule has 32 heavy (non-hydrogen) atoms. The Bertz CT molecular complexity index is 957. The summed E-state index contributed by atoms with van der Waals surface area (Å²) in [6.07, 6.45) is -3.26. The Morgan fingerprint density at radius 3 is 2.47 bits per heavy atom. The number of alkyl halides is 3. The number of carbonyl (C=O) groups is 2. The summed E-state index contributed by atoms with van der Waals surface area (Å²) in [6, 6.07) is 10.2. The number of nitrogens with zero attached hydrogens (tertiary/aromatic N) is 1. The third-order valence-corrected chi connectivity index (χ3v) is 5.55. The van der Waals surface area contributed by atoms with Gasteiger partial charge in [0.05, 0.1) is 17.7 Å². The molecular formula is C24H26F3NO4. The van der Waals surface area contributed by atoms with Crippen LogP contribution in [0.4, 0.5) is 18.0 Å². The van der Waals surface area contributed by atoms with Gasteiger partial charge in [0.25, 0.3) is 0 Å². The molecular weight excluding hydrogens is 423 g/mol. The Balaban J connectivity index is 1.61. The lowest BCUT2D eigenvalue weighted by atomic mass is 9.89. The molecule has 8 heteroatoms. The van der Waals surface area contributed by atoms with Gasteiger partial charge in [0.15, 0.2) is 0 Å². The SMILES string of the molecule is CCOC(=O)c1cc(C2CCCN(C(=O)OCc3ccc(C(F)(F)F)cc3)C2)ccc1C. The summed E-state index contributed by atoms with van der Waals surface area (Å²) in [7, 11) is 0. The fraction of sp³-hybridized carbons (Fsp3) is 0.417. The predicted octanol–water partition coefficient (Wildman–Crippen LogP) is 5.71. The first-order valence-corrected chi connectivity index (χ1v) is 10.5. The van der Waals surface area contributed by atoms with Crippen LogP contribution in [-0.4, -0.2) is 36.7 Å². The highest BCUT2D eigenvalue weighted by molar-refractivity contribution is 5.91. The van der Waals surface area contributed by atoms with Gasteiger partial charge in [0.2, 0.25) is 0 Å². The first kappa shape index (κ1) is 23.6. The zero-order valence-corrected chi connectivity index (χ0v) is 18.1. The van der Waals surface area contributed by atoms with Crippen LogP contribution in [0.5, 0.6) is 0 Å². The standard InChI is InChI=1S/C24H26F3NO4/c1-3-31-22(29)21-13-18(9-6-16(21)2)19-5-4-12-28(14-19)23(30)32-15-17-7-10-20(11-8-17)24(25,26)27/h6-11,13,19H,3-5,12,14-15H2,1-2H3. The normalized spacial score (nSPS) is 16.5. The number of ether oxygens (including phenoxy) is 2. The summed E-state index contributed by atoms with van der Waals surface area (Å²) >= 11 is 0. The molecule has 0 saturated carbocycles. The van der Waals surface area contributed by atoms with E-state index in [4.69, 9.17) is 9.47 Å². The predicted molar refractivity (Wildman–Crippen MR) is 112 cm³/mol. The van der Waals surface area contributed by atoms with Gasteiger partial charge in [-0.15, -0.1) is 0 Å². The van der Waals surface area contributed by atoms with Crippen LogP contribution in [0.3, 0.4) is 0 Å². The lowest BCUT2D eigenvalue weighted by molar-refractivity contribution is -0.137. The van der Waals surface area contributed by atoms with Crippen LogP contribution in [0.15, 0.2) is 42.5 Å². The van der Waals surface area contributed by atoms with Gasteiger partial charge in [-0.1, -0.05) is 24.3 Å². The molecule has 0 aromatic heterocycles. The molecule has 0 radical (unpaired) electrons. The Hall–Kier alpha value is -3.03. The summed E-state index contributed by atoms with van der Waals surface area (Å²) in [5.74, 6) is -0.313. The maximum atomic E-state index is 12.7. The maximum absolute atomic E-state index is 12.7. The highest BCUT2D eigenvalue weighted by Crippen LogP contribution is 2.30. The second-order valence-corrected chi connectivity index (χ2v) is 7.83. The number of halogens is 3. The maximum Gasteiger partial charge on any atom is 0.416 e. The van der Waals surface area contributed by atoms with Crippen LogP contribution in [0.25, 0.3) is 0 Å². The molecule has 1 unspecified atom stereocenters. The first-order valence-electron chi connectivity index (χ1n) is 10.5. The monoisotopic (exact) mass is 449 g/mol. The first-order chi connectivity index (χ1) is 15.2. The van der Waals surface area contributed by atoms with Crippen molar-refractivity contribution in [2.75, 3.05) is 19.7 Å².